The molecule has 0 amide bonds. The van der Waals surface area contributed by atoms with Gasteiger partial charge in [-0.25, -0.2) is 0 Å². The Balaban J connectivity index is 0. The van der Waals surface area contributed by atoms with Gasteiger partial charge in [-0.1, -0.05) is 0 Å². The molecular formula is C9H18O6. The molecule has 0 saturated carbocycles. The van der Waals surface area contributed by atoms with Crippen LogP contribution in [0.15, 0.2) is 0 Å². The van der Waals surface area contributed by atoms with Crippen molar-refractivity contribution < 1.29 is 30.0 Å². The topological polar surface area (TPSA) is 115 Å². The van der Waals surface area contributed by atoms with Crippen molar-refractivity contribution in [2.45, 2.75) is 32.1 Å². The molecule has 90 valence electrons. The number of aliphatic hydroxyl groups is 2. The molecule has 0 bridgehead atoms. The summed E-state index contributed by atoms with van der Waals surface area (Å²) >= 11 is 0. The van der Waals surface area contributed by atoms with Crippen molar-refractivity contribution in [1.29, 1.82) is 0 Å². The molecule has 0 aromatic heterocycles. The van der Waals surface area contributed by atoms with E-state index in [1.165, 1.54) is 0 Å². The summed E-state index contributed by atoms with van der Waals surface area (Å²) in [6.07, 6.45) is 1.75. The highest BCUT2D eigenvalue weighted by atomic mass is 16.4. The minimum absolute atomic E-state index is 0.0354. The van der Waals surface area contributed by atoms with E-state index in [1.54, 1.807) is 0 Å². The highest BCUT2D eigenvalue weighted by Gasteiger charge is 1.93. The first-order chi connectivity index (χ1) is 7.04. The molecule has 0 atom stereocenters. The number of aliphatic carboxylic acids is 2. The molecule has 0 aliphatic rings. The Morgan fingerprint density at radius 3 is 1.40 bits per heavy atom. The van der Waals surface area contributed by atoms with Gasteiger partial charge in [0.1, 0.15) is 0 Å². The van der Waals surface area contributed by atoms with Crippen LogP contribution < -0.4 is 0 Å². The molecule has 0 unspecified atom stereocenters. The van der Waals surface area contributed by atoms with Crippen molar-refractivity contribution in [2.24, 2.45) is 0 Å². The quantitative estimate of drug-likeness (QED) is 0.453. The Morgan fingerprint density at radius 1 is 0.733 bits per heavy atom. The Kier molecular flexibility index (Phi) is 14.0. The molecule has 6 nitrogen and oxygen atoms in total. The average molecular weight is 222 g/mol. The molecule has 0 aliphatic carbocycles. The van der Waals surface area contributed by atoms with Gasteiger partial charge >= 0.3 is 11.9 Å². The van der Waals surface area contributed by atoms with Gasteiger partial charge in [0.2, 0.25) is 0 Å². The Morgan fingerprint density at radius 2 is 1.13 bits per heavy atom. The van der Waals surface area contributed by atoms with Gasteiger partial charge in [0.05, 0.1) is 0 Å². The first-order valence-electron chi connectivity index (χ1n) is 4.70. The van der Waals surface area contributed by atoms with Gasteiger partial charge in [-0.05, 0) is 19.3 Å². The van der Waals surface area contributed by atoms with Crippen molar-refractivity contribution in [2.75, 3.05) is 13.2 Å². The van der Waals surface area contributed by atoms with Gasteiger partial charge in [-0.15, -0.1) is 0 Å². The number of rotatable bonds is 7. The largest absolute Gasteiger partial charge is 0.481 e. The first-order valence-corrected chi connectivity index (χ1v) is 4.70. The number of carboxylic acid groups (broad SMARTS) is 2. The smallest absolute Gasteiger partial charge is 0.303 e. The summed E-state index contributed by atoms with van der Waals surface area (Å²) in [4.78, 5) is 19.4. The molecule has 0 heterocycles. The van der Waals surface area contributed by atoms with Crippen LogP contribution in [-0.2, 0) is 9.59 Å². The second kappa shape index (κ2) is 12.9. The van der Waals surface area contributed by atoms with Crippen LogP contribution in [0, 0.1) is 0 Å². The van der Waals surface area contributed by atoms with Crippen LogP contribution in [0.4, 0.5) is 0 Å². The zero-order valence-electron chi connectivity index (χ0n) is 8.56. The fourth-order valence-corrected chi connectivity index (χ4v) is 0.618. The van der Waals surface area contributed by atoms with Gasteiger partial charge in [0.25, 0.3) is 0 Å². The third-order valence-corrected chi connectivity index (χ3v) is 1.35. The van der Waals surface area contributed by atoms with Gasteiger partial charge < -0.3 is 20.4 Å². The van der Waals surface area contributed by atoms with Crippen molar-refractivity contribution in [1.82, 2.24) is 0 Å². The monoisotopic (exact) mass is 222 g/mol. The van der Waals surface area contributed by atoms with E-state index in [0.29, 0.717) is 19.3 Å². The number of hydrogen-bond acceptors (Lipinski definition) is 4. The maximum Gasteiger partial charge on any atom is 0.303 e. The average Bonchev–Trinajstić information content (AvgIpc) is 2.15. The number of carboxylic acids is 2. The standard InChI is InChI=1S/C5H10O3.C4H8O3/c6-4-2-1-3-5(7)8;5-3-1-2-4(6)7/h6H,1-4H2,(H,7,8);5H,1-3H2,(H,6,7). The van der Waals surface area contributed by atoms with Gasteiger partial charge in [0.15, 0.2) is 0 Å². The highest BCUT2D eigenvalue weighted by Crippen LogP contribution is 1.92. The minimum atomic E-state index is -0.853. The van der Waals surface area contributed by atoms with E-state index in [-0.39, 0.29) is 26.1 Å². The van der Waals surface area contributed by atoms with E-state index in [1.807, 2.05) is 0 Å². The lowest BCUT2D eigenvalue weighted by Gasteiger charge is -1.89. The zero-order valence-corrected chi connectivity index (χ0v) is 8.56. The molecule has 0 aliphatic heterocycles. The summed E-state index contributed by atoms with van der Waals surface area (Å²) < 4.78 is 0. The lowest BCUT2D eigenvalue weighted by Crippen LogP contribution is -1.95. The third kappa shape index (κ3) is 24.6. The normalized spacial score (nSPS) is 8.93. The van der Waals surface area contributed by atoms with E-state index < -0.39 is 11.9 Å². The molecule has 0 spiro atoms. The molecule has 0 saturated heterocycles. The first kappa shape index (κ1) is 16.3. The van der Waals surface area contributed by atoms with E-state index in [2.05, 4.69) is 0 Å². The predicted octanol–water partition coefficient (Wildman–Crippen LogP) is 0.0771. The summed E-state index contributed by atoms with van der Waals surface area (Å²) in [5.74, 6) is -1.65. The zero-order chi connectivity index (χ0) is 12.1. The maximum atomic E-state index is 9.79. The molecular weight excluding hydrogens is 204 g/mol. The number of unbranched alkanes of at least 4 members (excludes halogenated alkanes) is 1. The Labute approximate surface area is 88.2 Å². The lowest BCUT2D eigenvalue weighted by molar-refractivity contribution is -0.138. The van der Waals surface area contributed by atoms with Gasteiger partial charge in [-0.2, -0.15) is 0 Å². The molecule has 0 radical (unpaired) electrons. The molecule has 4 N–H and O–H groups in total. The van der Waals surface area contributed by atoms with Crippen molar-refractivity contribution in [3.8, 4) is 0 Å². The second-order valence-corrected chi connectivity index (χ2v) is 2.80. The van der Waals surface area contributed by atoms with E-state index >= 15 is 0 Å². The van der Waals surface area contributed by atoms with E-state index in [9.17, 15) is 9.59 Å². The van der Waals surface area contributed by atoms with Crippen LogP contribution in [0.1, 0.15) is 32.1 Å². The maximum absolute atomic E-state index is 9.79. The van der Waals surface area contributed by atoms with Crippen LogP contribution in [0.2, 0.25) is 0 Å². The summed E-state index contributed by atoms with van der Waals surface area (Å²) in [6, 6.07) is 0. The summed E-state index contributed by atoms with van der Waals surface area (Å²) in [6.45, 7) is 0.0551. The highest BCUT2D eigenvalue weighted by molar-refractivity contribution is 5.66. The summed E-state index contributed by atoms with van der Waals surface area (Å²) in [5, 5.41) is 32.2. The second-order valence-electron chi connectivity index (χ2n) is 2.80. The fourth-order valence-electron chi connectivity index (χ4n) is 0.618. The van der Waals surface area contributed by atoms with Crippen molar-refractivity contribution in [3.05, 3.63) is 0 Å². The van der Waals surface area contributed by atoms with Gasteiger partial charge in [0, 0.05) is 26.1 Å². The Hall–Kier alpha value is -1.14. The van der Waals surface area contributed by atoms with Gasteiger partial charge in [-0.3, -0.25) is 9.59 Å². The number of carbonyl (C=O) groups is 2. The number of hydrogen-bond donors (Lipinski definition) is 4. The summed E-state index contributed by atoms with van der Waals surface area (Å²) in [7, 11) is 0. The van der Waals surface area contributed by atoms with E-state index in [4.69, 9.17) is 20.4 Å². The molecule has 0 aromatic carbocycles. The van der Waals surface area contributed by atoms with Crippen molar-refractivity contribution >= 4 is 11.9 Å². The van der Waals surface area contributed by atoms with Crippen LogP contribution in [-0.4, -0.2) is 45.6 Å². The molecule has 6 heteroatoms. The Bertz CT molecular complexity index is 168. The molecule has 0 rings (SSSR count). The lowest BCUT2D eigenvalue weighted by atomic mass is 10.2. The molecule has 0 aromatic rings. The SMILES string of the molecule is O=C(O)CCCCO.O=C(O)CCCO. The molecule has 0 fully saturated rings. The predicted molar refractivity (Wildman–Crippen MR) is 52.5 cm³/mol. The minimum Gasteiger partial charge on any atom is -0.481 e. The molecule has 15 heavy (non-hydrogen) atoms. The van der Waals surface area contributed by atoms with Crippen LogP contribution in [0.25, 0.3) is 0 Å². The van der Waals surface area contributed by atoms with Crippen LogP contribution in [0.5, 0.6) is 0 Å². The fraction of sp³-hybridized carbons (Fsp3) is 0.778. The third-order valence-electron chi connectivity index (χ3n) is 1.35. The van der Waals surface area contributed by atoms with E-state index in [0.717, 1.165) is 0 Å². The van der Waals surface area contributed by atoms with Crippen LogP contribution in [0.3, 0.4) is 0 Å². The van der Waals surface area contributed by atoms with Crippen LogP contribution >= 0.6 is 0 Å². The van der Waals surface area contributed by atoms with Crippen molar-refractivity contribution in [3.63, 3.8) is 0 Å². The summed E-state index contributed by atoms with van der Waals surface area (Å²) in [5.41, 5.74) is 0. The number of aliphatic hydroxyl groups excluding tert-OH is 2.